The lowest BCUT2D eigenvalue weighted by Gasteiger charge is -2.31. The molecule has 1 saturated heterocycles. The summed E-state index contributed by atoms with van der Waals surface area (Å²) in [5.41, 5.74) is 2.99. The predicted molar refractivity (Wildman–Crippen MR) is 98.1 cm³/mol. The van der Waals surface area contributed by atoms with Gasteiger partial charge in [0, 0.05) is 25.3 Å². The second-order valence-electron chi connectivity index (χ2n) is 7.14. The van der Waals surface area contributed by atoms with Crippen molar-refractivity contribution in [3.8, 4) is 0 Å². The molecule has 0 bridgehead atoms. The molecule has 1 fully saturated rings. The van der Waals surface area contributed by atoms with E-state index in [1.54, 1.807) is 0 Å². The van der Waals surface area contributed by atoms with Crippen LogP contribution < -0.4 is 4.90 Å². The average Bonchev–Trinajstić information content (AvgIpc) is 2.68. The minimum atomic E-state index is 0.00462. The van der Waals surface area contributed by atoms with E-state index in [1.165, 1.54) is 11.3 Å². The van der Waals surface area contributed by atoms with E-state index in [-0.39, 0.29) is 5.91 Å². The second kappa shape index (κ2) is 6.82. The third-order valence-corrected chi connectivity index (χ3v) is 5.33. The first-order valence-corrected chi connectivity index (χ1v) is 9.21. The molecule has 0 atom stereocenters. The van der Waals surface area contributed by atoms with Crippen LogP contribution in [0.3, 0.4) is 0 Å². The number of aryl methyl sites for hydroxylation is 1. The molecule has 0 saturated carbocycles. The fraction of sp³-hybridized carbons (Fsp3) is 0.450. The maximum Gasteiger partial charge on any atom is 0.274 e. The molecule has 5 nitrogen and oxygen atoms in total. The molecular weight excluding hydrogens is 312 g/mol. The summed E-state index contributed by atoms with van der Waals surface area (Å²) in [6, 6.07) is 12.2. The standard InChI is InChI=1S/C20H24N4O/c1-15-10-13-23(14-11-15)20(25)17-8-9-19(22-21-17)24-12-4-6-16-5-2-3-7-18(16)24/h2-3,5,7-9,15H,4,6,10-14H2,1H3. The number of fused-ring (bicyclic) bond motifs is 1. The van der Waals surface area contributed by atoms with E-state index in [2.05, 4.69) is 46.3 Å². The highest BCUT2D eigenvalue weighted by Gasteiger charge is 2.24. The summed E-state index contributed by atoms with van der Waals surface area (Å²) in [5, 5.41) is 8.60. The van der Waals surface area contributed by atoms with Gasteiger partial charge in [-0.05, 0) is 55.4 Å². The van der Waals surface area contributed by atoms with Crippen molar-refractivity contribution in [3.05, 3.63) is 47.7 Å². The van der Waals surface area contributed by atoms with E-state index in [4.69, 9.17) is 0 Å². The lowest BCUT2D eigenvalue weighted by atomic mass is 9.99. The van der Waals surface area contributed by atoms with Crippen LogP contribution in [0, 0.1) is 5.92 Å². The molecular formula is C20H24N4O. The largest absolute Gasteiger partial charge is 0.337 e. The molecule has 3 heterocycles. The van der Waals surface area contributed by atoms with Crippen molar-refractivity contribution in [3.63, 3.8) is 0 Å². The number of anilines is 2. The molecule has 1 amide bonds. The Bertz CT molecular complexity index is 751. The number of hydrogen-bond acceptors (Lipinski definition) is 4. The van der Waals surface area contributed by atoms with Crippen molar-refractivity contribution < 1.29 is 4.79 Å². The van der Waals surface area contributed by atoms with Gasteiger partial charge in [-0.2, -0.15) is 0 Å². The molecule has 0 aliphatic carbocycles. The van der Waals surface area contributed by atoms with Gasteiger partial charge in [0.15, 0.2) is 11.5 Å². The minimum absolute atomic E-state index is 0.00462. The Morgan fingerprint density at radius 2 is 1.84 bits per heavy atom. The molecule has 0 spiro atoms. The average molecular weight is 336 g/mol. The van der Waals surface area contributed by atoms with Crippen molar-refractivity contribution in [1.82, 2.24) is 15.1 Å². The number of aromatic nitrogens is 2. The van der Waals surface area contributed by atoms with E-state index in [9.17, 15) is 4.79 Å². The highest BCUT2D eigenvalue weighted by Crippen LogP contribution is 2.31. The summed E-state index contributed by atoms with van der Waals surface area (Å²) < 4.78 is 0. The Morgan fingerprint density at radius 1 is 1.04 bits per heavy atom. The van der Waals surface area contributed by atoms with Gasteiger partial charge in [0.2, 0.25) is 0 Å². The molecule has 4 rings (SSSR count). The Labute approximate surface area is 148 Å². The smallest absolute Gasteiger partial charge is 0.274 e. The van der Waals surface area contributed by atoms with Crippen molar-refractivity contribution in [2.24, 2.45) is 5.92 Å². The first-order valence-electron chi connectivity index (χ1n) is 9.21. The number of carbonyl (C=O) groups excluding carboxylic acids is 1. The quantitative estimate of drug-likeness (QED) is 0.843. The van der Waals surface area contributed by atoms with E-state index in [0.29, 0.717) is 11.6 Å². The summed E-state index contributed by atoms with van der Waals surface area (Å²) in [4.78, 5) is 16.7. The second-order valence-corrected chi connectivity index (χ2v) is 7.14. The highest BCUT2D eigenvalue weighted by molar-refractivity contribution is 5.92. The van der Waals surface area contributed by atoms with Crippen LogP contribution in [0.15, 0.2) is 36.4 Å². The molecule has 25 heavy (non-hydrogen) atoms. The normalized spacial score (nSPS) is 18.1. The molecule has 0 radical (unpaired) electrons. The summed E-state index contributed by atoms with van der Waals surface area (Å²) in [6.07, 6.45) is 4.35. The topological polar surface area (TPSA) is 49.3 Å². The van der Waals surface area contributed by atoms with Gasteiger partial charge in [0.05, 0.1) is 0 Å². The lowest BCUT2D eigenvalue weighted by Crippen LogP contribution is -2.38. The van der Waals surface area contributed by atoms with Crippen LogP contribution in [0.5, 0.6) is 0 Å². The van der Waals surface area contributed by atoms with E-state index in [1.807, 2.05) is 17.0 Å². The Balaban J connectivity index is 1.52. The fourth-order valence-corrected chi connectivity index (χ4v) is 3.73. The van der Waals surface area contributed by atoms with Gasteiger partial charge >= 0.3 is 0 Å². The number of nitrogens with zero attached hydrogens (tertiary/aromatic N) is 4. The third-order valence-electron chi connectivity index (χ3n) is 5.33. The number of para-hydroxylation sites is 1. The zero-order chi connectivity index (χ0) is 17.2. The molecule has 1 aromatic carbocycles. The van der Waals surface area contributed by atoms with Gasteiger partial charge in [-0.3, -0.25) is 4.79 Å². The third kappa shape index (κ3) is 3.23. The summed E-state index contributed by atoms with van der Waals surface area (Å²) in [6.45, 7) is 4.82. The first kappa shape index (κ1) is 16.1. The first-order chi connectivity index (χ1) is 12.2. The zero-order valence-electron chi connectivity index (χ0n) is 14.7. The highest BCUT2D eigenvalue weighted by atomic mass is 16.2. The summed E-state index contributed by atoms with van der Waals surface area (Å²) in [5.74, 6) is 1.53. The van der Waals surface area contributed by atoms with Crippen molar-refractivity contribution in [2.45, 2.75) is 32.6 Å². The van der Waals surface area contributed by atoms with Crippen LogP contribution >= 0.6 is 0 Å². The molecule has 2 aliphatic rings. The number of piperidine rings is 1. The molecule has 1 aromatic heterocycles. The van der Waals surface area contributed by atoms with Crippen LogP contribution in [0.25, 0.3) is 0 Å². The number of likely N-dealkylation sites (tertiary alicyclic amines) is 1. The number of hydrogen-bond donors (Lipinski definition) is 0. The van der Waals surface area contributed by atoms with Gasteiger partial charge < -0.3 is 9.80 Å². The van der Waals surface area contributed by atoms with Crippen molar-refractivity contribution in [2.75, 3.05) is 24.5 Å². The Hall–Kier alpha value is -2.43. The Morgan fingerprint density at radius 3 is 2.60 bits per heavy atom. The van der Waals surface area contributed by atoms with Gasteiger partial charge in [0.1, 0.15) is 0 Å². The summed E-state index contributed by atoms with van der Waals surface area (Å²) >= 11 is 0. The van der Waals surface area contributed by atoms with Gasteiger partial charge in [-0.1, -0.05) is 25.1 Å². The molecule has 0 unspecified atom stereocenters. The Kier molecular flexibility index (Phi) is 4.38. The SMILES string of the molecule is CC1CCN(C(=O)c2ccc(N3CCCc4ccccc43)nn2)CC1. The van der Waals surface area contributed by atoms with Crippen LogP contribution in [0.4, 0.5) is 11.5 Å². The maximum atomic E-state index is 12.6. The van der Waals surface area contributed by atoms with E-state index < -0.39 is 0 Å². The number of carbonyl (C=O) groups is 1. The monoisotopic (exact) mass is 336 g/mol. The molecule has 5 heteroatoms. The minimum Gasteiger partial charge on any atom is -0.337 e. The van der Waals surface area contributed by atoms with E-state index >= 15 is 0 Å². The van der Waals surface area contributed by atoms with Crippen molar-refractivity contribution >= 4 is 17.4 Å². The molecule has 130 valence electrons. The maximum absolute atomic E-state index is 12.6. The lowest BCUT2D eigenvalue weighted by molar-refractivity contribution is 0.0690. The van der Waals surface area contributed by atoms with Gasteiger partial charge in [-0.25, -0.2) is 0 Å². The molecule has 2 aliphatic heterocycles. The zero-order valence-corrected chi connectivity index (χ0v) is 14.7. The van der Waals surface area contributed by atoms with Crippen LogP contribution in [0.1, 0.15) is 42.2 Å². The fourth-order valence-electron chi connectivity index (χ4n) is 3.73. The number of amides is 1. The van der Waals surface area contributed by atoms with Gasteiger partial charge in [-0.15, -0.1) is 10.2 Å². The number of rotatable bonds is 2. The van der Waals surface area contributed by atoms with Gasteiger partial charge in [0.25, 0.3) is 5.91 Å². The number of benzene rings is 1. The van der Waals surface area contributed by atoms with Crippen LogP contribution in [0.2, 0.25) is 0 Å². The molecule has 2 aromatic rings. The van der Waals surface area contributed by atoms with Crippen molar-refractivity contribution in [1.29, 1.82) is 0 Å². The predicted octanol–water partition coefficient (Wildman–Crippen LogP) is 3.43. The van der Waals surface area contributed by atoms with E-state index in [0.717, 1.165) is 51.1 Å². The molecule has 0 N–H and O–H groups in total. The summed E-state index contributed by atoms with van der Waals surface area (Å²) in [7, 11) is 0. The van der Waals surface area contributed by atoms with Crippen LogP contribution in [-0.2, 0) is 6.42 Å². The van der Waals surface area contributed by atoms with Crippen LogP contribution in [-0.4, -0.2) is 40.6 Å².